The van der Waals surface area contributed by atoms with Gasteiger partial charge in [-0.3, -0.25) is 4.90 Å². The van der Waals surface area contributed by atoms with Crippen LogP contribution in [0.25, 0.3) is 0 Å². The molecule has 0 saturated heterocycles. The molecule has 0 amide bonds. The number of hydrogen-bond acceptors (Lipinski definition) is 2. The zero-order valence-corrected chi connectivity index (χ0v) is 14.4. The summed E-state index contributed by atoms with van der Waals surface area (Å²) in [6.07, 6.45) is 3.67. The lowest BCUT2D eigenvalue weighted by molar-refractivity contribution is 0.161. The largest absolute Gasteiger partial charge is 0.329 e. The van der Waals surface area contributed by atoms with Gasteiger partial charge in [0.25, 0.3) is 0 Å². The van der Waals surface area contributed by atoms with Gasteiger partial charge in [0.1, 0.15) is 0 Å². The highest BCUT2D eigenvalue weighted by Gasteiger charge is 2.21. The second kappa shape index (κ2) is 9.97. The first-order chi connectivity index (χ1) is 10.2. The second-order valence-corrected chi connectivity index (χ2v) is 6.21. The molecule has 21 heavy (non-hydrogen) atoms. The zero-order valence-electron chi connectivity index (χ0n) is 14.4. The molecule has 0 spiro atoms. The fourth-order valence-electron chi connectivity index (χ4n) is 3.14. The summed E-state index contributed by atoms with van der Waals surface area (Å²) in [6, 6.07) is 11.3. The van der Waals surface area contributed by atoms with Crippen molar-refractivity contribution < 1.29 is 0 Å². The predicted octanol–water partition coefficient (Wildman–Crippen LogP) is 4.27. The molecule has 0 fully saturated rings. The van der Waals surface area contributed by atoms with Crippen molar-refractivity contribution in [3.63, 3.8) is 0 Å². The van der Waals surface area contributed by atoms with Crippen molar-refractivity contribution in [3.05, 3.63) is 35.9 Å². The topological polar surface area (TPSA) is 29.3 Å². The van der Waals surface area contributed by atoms with E-state index in [9.17, 15) is 0 Å². The van der Waals surface area contributed by atoms with Crippen LogP contribution in [0, 0.1) is 5.92 Å². The van der Waals surface area contributed by atoms with E-state index in [-0.39, 0.29) is 0 Å². The molecular formula is C19H34N2. The maximum Gasteiger partial charge on any atom is 0.0224 e. The number of rotatable bonds is 10. The summed E-state index contributed by atoms with van der Waals surface area (Å²) in [4.78, 5) is 2.59. The minimum Gasteiger partial charge on any atom is -0.329 e. The van der Waals surface area contributed by atoms with E-state index >= 15 is 0 Å². The molecule has 2 atom stereocenters. The van der Waals surface area contributed by atoms with Crippen molar-refractivity contribution in [1.82, 2.24) is 4.90 Å². The summed E-state index contributed by atoms with van der Waals surface area (Å²) in [5.74, 6) is 1.36. The summed E-state index contributed by atoms with van der Waals surface area (Å²) in [7, 11) is 0. The highest BCUT2D eigenvalue weighted by Crippen LogP contribution is 2.23. The molecule has 0 bridgehead atoms. The molecule has 1 aromatic carbocycles. The van der Waals surface area contributed by atoms with Crippen LogP contribution in [-0.4, -0.2) is 30.6 Å². The van der Waals surface area contributed by atoms with Crippen LogP contribution in [-0.2, 0) is 0 Å². The molecule has 0 aliphatic carbocycles. The number of hydrogen-bond donors (Lipinski definition) is 1. The smallest absolute Gasteiger partial charge is 0.0224 e. The Kier molecular flexibility index (Phi) is 8.63. The predicted molar refractivity (Wildman–Crippen MR) is 93.6 cm³/mol. The third-order valence-corrected chi connectivity index (χ3v) is 4.84. The molecule has 0 aliphatic rings. The average Bonchev–Trinajstić information content (AvgIpc) is 2.55. The quantitative estimate of drug-likeness (QED) is 0.697. The molecule has 0 radical (unpaired) electrons. The van der Waals surface area contributed by atoms with Crippen LogP contribution >= 0.6 is 0 Å². The maximum atomic E-state index is 6.09. The van der Waals surface area contributed by atoms with Gasteiger partial charge in [-0.15, -0.1) is 0 Å². The SMILES string of the molecule is CCC(CC)CN(CC)C(CN)CC(C)c1ccccc1. The Bertz CT molecular complexity index is 359. The van der Waals surface area contributed by atoms with Crippen LogP contribution in [0.3, 0.4) is 0 Å². The van der Waals surface area contributed by atoms with Crippen molar-refractivity contribution in [2.75, 3.05) is 19.6 Å². The molecular weight excluding hydrogens is 256 g/mol. The minimum atomic E-state index is 0.491. The molecule has 2 heteroatoms. The van der Waals surface area contributed by atoms with Crippen LogP contribution in [0.2, 0.25) is 0 Å². The molecule has 120 valence electrons. The molecule has 0 aromatic heterocycles. The monoisotopic (exact) mass is 290 g/mol. The van der Waals surface area contributed by atoms with Crippen LogP contribution < -0.4 is 5.73 Å². The fourth-order valence-corrected chi connectivity index (χ4v) is 3.14. The van der Waals surface area contributed by atoms with Gasteiger partial charge in [-0.1, -0.05) is 70.9 Å². The van der Waals surface area contributed by atoms with E-state index in [4.69, 9.17) is 5.73 Å². The first-order valence-corrected chi connectivity index (χ1v) is 8.65. The fraction of sp³-hybridized carbons (Fsp3) is 0.684. The van der Waals surface area contributed by atoms with Crippen LogP contribution in [0.5, 0.6) is 0 Å². The van der Waals surface area contributed by atoms with Crippen molar-refractivity contribution in [1.29, 1.82) is 0 Å². The lowest BCUT2D eigenvalue weighted by Crippen LogP contribution is -2.43. The Morgan fingerprint density at radius 1 is 1.05 bits per heavy atom. The maximum absolute atomic E-state index is 6.09. The van der Waals surface area contributed by atoms with Gasteiger partial charge in [0, 0.05) is 19.1 Å². The highest BCUT2D eigenvalue weighted by molar-refractivity contribution is 5.18. The van der Waals surface area contributed by atoms with Gasteiger partial charge in [0.05, 0.1) is 0 Å². The van der Waals surface area contributed by atoms with Crippen molar-refractivity contribution in [2.24, 2.45) is 11.7 Å². The first-order valence-electron chi connectivity index (χ1n) is 8.65. The van der Waals surface area contributed by atoms with Crippen molar-refractivity contribution in [3.8, 4) is 0 Å². The number of benzene rings is 1. The Balaban J connectivity index is 2.66. The molecule has 2 N–H and O–H groups in total. The molecule has 0 saturated carbocycles. The van der Waals surface area contributed by atoms with E-state index < -0.39 is 0 Å². The lowest BCUT2D eigenvalue weighted by atomic mass is 9.92. The van der Waals surface area contributed by atoms with E-state index in [1.54, 1.807) is 0 Å². The van der Waals surface area contributed by atoms with Gasteiger partial charge >= 0.3 is 0 Å². The van der Waals surface area contributed by atoms with E-state index in [1.807, 2.05) is 0 Å². The average molecular weight is 290 g/mol. The lowest BCUT2D eigenvalue weighted by Gasteiger charge is -2.34. The molecule has 0 heterocycles. The zero-order chi connectivity index (χ0) is 15.7. The number of nitrogens with zero attached hydrogens (tertiary/aromatic N) is 1. The van der Waals surface area contributed by atoms with Crippen molar-refractivity contribution in [2.45, 2.75) is 58.9 Å². The van der Waals surface area contributed by atoms with Gasteiger partial charge in [-0.2, -0.15) is 0 Å². The normalized spacial score (nSPS) is 14.6. The van der Waals surface area contributed by atoms with Crippen LogP contribution in [0.1, 0.15) is 58.4 Å². The van der Waals surface area contributed by atoms with Gasteiger partial charge in [0.15, 0.2) is 0 Å². The summed E-state index contributed by atoms with van der Waals surface area (Å²) >= 11 is 0. The van der Waals surface area contributed by atoms with Crippen LogP contribution in [0.4, 0.5) is 0 Å². The van der Waals surface area contributed by atoms with E-state index in [2.05, 4.69) is 62.9 Å². The summed E-state index contributed by atoms with van der Waals surface area (Å²) in [5.41, 5.74) is 7.52. The van der Waals surface area contributed by atoms with Gasteiger partial charge in [-0.25, -0.2) is 0 Å². The summed E-state index contributed by atoms with van der Waals surface area (Å²) in [6.45, 7) is 12.2. The first kappa shape index (κ1) is 18.2. The van der Waals surface area contributed by atoms with Gasteiger partial charge in [-0.05, 0) is 30.4 Å². The van der Waals surface area contributed by atoms with E-state index in [0.717, 1.165) is 25.4 Å². The van der Waals surface area contributed by atoms with Gasteiger partial charge < -0.3 is 5.73 Å². The summed E-state index contributed by atoms with van der Waals surface area (Å²) in [5, 5.41) is 0. The molecule has 2 unspecified atom stereocenters. The molecule has 2 nitrogen and oxygen atoms in total. The highest BCUT2D eigenvalue weighted by atomic mass is 15.2. The standard InChI is InChI=1S/C19H34N2/c1-5-17(6-2)15-21(7-3)19(14-20)13-16(4)18-11-9-8-10-12-18/h8-12,16-17,19H,5-7,13-15,20H2,1-4H3. The second-order valence-electron chi connectivity index (χ2n) is 6.21. The van der Waals surface area contributed by atoms with Gasteiger partial charge in [0.2, 0.25) is 0 Å². The van der Waals surface area contributed by atoms with E-state index in [1.165, 1.54) is 24.9 Å². The number of likely N-dealkylation sites (N-methyl/N-ethyl adjacent to an activating group) is 1. The summed E-state index contributed by atoms with van der Waals surface area (Å²) < 4.78 is 0. The molecule has 1 aromatic rings. The Hall–Kier alpha value is -0.860. The third-order valence-electron chi connectivity index (χ3n) is 4.84. The molecule has 0 aliphatic heterocycles. The molecule has 1 rings (SSSR count). The Morgan fingerprint density at radius 2 is 1.67 bits per heavy atom. The Morgan fingerprint density at radius 3 is 2.14 bits per heavy atom. The van der Waals surface area contributed by atoms with E-state index in [0.29, 0.717) is 12.0 Å². The third kappa shape index (κ3) is 5.80. The Labute approximate surface area is 131 Å². The minimum absolute atomic E-state index is 0.491. The van der Waals surface area contributed by atoms with Crippen LogP contribution in [0.15, 0.2) is 30.3 Å². The van der Waals surface area contributed by atoms with Crippen molar-refractivity contribution >= 4 is 0 Å². The number of nitrogens with two attached hydrogens (primary N) is 1.